The van der Waals surface area contributed by atoms with Gasteiger partial charge in [0.2, 0.25) is 5.91 Å². The molecule has 3 rings (SSSR count). The maximum Gasteiger partial charge on any atom is 0.325 e. The zero-order valence-corrected chi connectivity index (χ0v) is 14.6. The Hall–Kier alpha value is -3.82. The summed E-state index contributed by atoms with van der Waals surface area (Å²) in [6, 6.07) is 9.59. The van der Waals surface area contributed by atoms with Crippen molar-refractivity contribution < 1.29 is 23.7 Å². The molecule has 2 aromatic carbocycles. The third kappa shape index (κ3) is 3.52. The van der Waals surface area contributed by atoms with E-state index in [1.807, 2.05) is 0 Å². The number of halogens is 1. The van der Waals surface area contributed by atoms with Gasteiger partial charge in [0.05, 0.1) is 4.92 Å². The van der Waals surface area contributed by atoms with Gasteiger partial charge in [-0.2, -0.15) is 0 Å². The molecule has 1 aliphatic heterocycles. The molecule has 1 aliphatic rings. The van der Waals surface area contributed by atoms with Gasteiger partial charge in [0, 0.05) is 17.8 Å². The first-order valence-corrected chi connectivity index (χ1v) is 8.15. The fourth-order valence-corrected chi connectivity index (χ4v) is 2.86. The molecule has 0 saturated carbocycles. The Morgan fingerprint density at radius 1 is 1.25 bits per heavy atom. The van der Waals surface area contributed by atoms with Crippen molar-refractivity contribution in [3.05, 3.63) is 70.0 Å². The average Bonchev–Trinajstić information content (AvgIpc) is 2.86. The molecular formula is C18H15FN4O5. The lowest BCUT2D eigenvalue weighted by Crippen LogP contribution is -2.42. The van der Waals surface area contributed by atoms with Crippen molar-refractivity contribution in [3.8, 4) is 0 Å². The van der Waals surface area contributed by atoms with E-state index in [9.17, 15) is 28.9 Å². The highest BCUT2D eigenvalue weighted by Crippen LogP contribution is 2.30. The first kappa shape index (κ1) is 19.0. The fraction of sp³-hybridized carbons (Fsp3) is 0.167. The number of imide groups is 1. The number of hydrogen-bond acceptors (Lipinski definition) is 5. The van der Waals surface area contributed by atoms with E-state index in [2.05, 4.69) is 10.6 Å². The van der Waals surface area contributed by atoms with Gasteiger partial charge in [-0.25, -0.2) is 9.18 Å². The minimum Gasteiger partial charge on any atom is -0.324 e. The number of non-ortho nitro benzene ring substituents is 1. The van der Waals surface area contributed by atoms with E-state index in [4.69, 9.17) is 0 Å². The predicted octanol–water partition coefficient (Wildman–Crippen LogP) is 2.14. The van der Waals surface area contributed by atoms with Gasteiger partial charge < -0.3 is 10.6 Å². The molecule has 1 saturated heterocycles. The first-order chi connectivity index (χ1) is 13.2. The topological polar surface area (TPSA) is 122 Å². The highest BCUT2D eigenvalue weighted by Gasteiger charge is 2.49. The van der Waals surface area contributed by atoms with Crippen LogP contribution in [-0.2, 0) is 15.1 Å². The fourth-order valence-electron chi connectivity index (χ4n) is 2.86. The monoisotopic (exact) mass is 386 g/mol. The highest BCUT2D eigenvalue weighted by molar-refractivity contribution is 6.10. The maximum atomic E-state index is 13.2. The van der Waals surface area contributed by atoms with Crippen LogP contribution in [0, 0.1) is 15.9 Å². The summed E-state index contributed by atoms with van der Waals surface area (Å²) in [7, 11) is 0. The third-order valence-electron chi connectivity index (χ3n) is 4.34. The highest BCUT2D eigenvalue weighted by atomic mass is 19.1. The summed E-state index contributed by atoms with van der Waals surface area (Å²) in [6.45, 7) is 0.878. The van der Waals surface area contributed by atoms with Gasteiger partial charge in [0.1, 0.15) is 17.9 Å². The molecule has 144 valence electrons. The molecule has 1 atom stereocenters. The van der Waals surface area contributed by atoms with Crippen LogP contribution in [0.25, 0.3) is 0 Å². The Morgan fingerprint density at radius 3 is 2.54 bits per heavy atom. The van der Waals surface area contributed by atoms with Crippen LogP contribution in [0.4, 0.5) is 20.6 Å². The van der Waals surface area contributed by atoms with E-state index in [1.165, 1.54) is 49.4 Å². The number of benzene rings is 2. The minimum atomic E-state index is -1.47. The molecule has 28 heavy (non-hydrogen) atoms. The van der Waals surface area contributed by atoms with Crippen LogP contribution in [0.5, 0.6) is 0 Å². The van der Waals surface area contributed by atoms with Gasteiger partial charge >= 0.3 is 6.03 Å². The summed E-state index contributed by atoms with van der Waals surface area (Å²) < 4.78 is 13.2. The standard InChI is InChI=1S/C18H15FN4O5/c1-18(11-5-7-14(8-6-11)23(27)28)16(25)22(17(26)21-18)10-15(24)20-13-4-2-3-12(19)9-13/h2-9H,10H2,1H3,(H,20,24)(H,21,26)/t18-/m1/s1. The largest absolute Gasteiger partial charge is 0.325 e. The van der Waals surface area contributed by atoms with E-state index in [0.29, 0.717) is 5.56 Å². The number of carbonyl (C=O) groups excluding carboxylic acids is 3. The van der Waals surface area contributed by atoms with Crippen molar-refractivity contribution >= 4 is 29.2 Å². The van der Waals surface area contributed by atoms with Crippen LogP contribution >= 0.6 is 0 Å². The second-order valence-corrected chi connectivity index (χ2v) is 6.31. The lowest BCUT2D eigenvalue weighted by molar-refractivity contribution is -0.384. The van der Waals surface area contributed by atoms with Gasteiger partial charge in [-0.1, -0.05) is 6.07 Å². The first-order valence-electron chi connectivity index (χ1n) is 8.15. The maximum absolute atomic E-state index is 13.2. The van der Waals surface area contributed by atoms with Crippen LogP contribution in [0.2, 0.25) is 0 Å². The van der Waals surface area contributed by atoms with Crippen molar-refractivity contribution in [3.63, 3.8) is 0 Å². The molecule has 0 unspecified atom stereocenters. The van der Waals surface area contributed by atoms with Gasteiger partial charge in [-0.15, -0.1) is 0 Å². The summed E-state index contributed by atoms with van der Waals surface area (Å²) in [5.74, 6) is -1.90. The van der Waals surface area contributed by atoms with Crippen molar-refractivity contribution in [1.82, 2.24) is 10.2 Å². The predicted molar refractivity (Wildman–Crippen MR) is 95.7 cm³/mol. The van der Waals surface area contributed by atoms with Crippen LogP contribution in [0.3, 0.4) is 0 Å². The van der Waals surface area contributed by atoms with Crippen LogP contribution in [-0.4, -0.2) is 34.2 Å². The molecule has 2 N–H and O–H groups in total. The number of urea groups is 1. The van der Waals surface area contributed by atoms with Gasteiger partial charge in [0.25, 0.3) is 11.6 Å². The van der Waals surface area contributed by atoms with Crippen LogP contribution in [0.15, 0.2) is 48.5 Å². The molecular weight excluding hydrogens is 371 g/mol. The average molecular weight is 386 g/mol. The summed E-state index contributed by atoms with van der Waals surface area (Å²) in [5, 5.41) is 15.7. The molecule has 4 amide bonds. The Morgan fingerprint density at radius 2 is 1.93 bits per heavy atom. The number of carbonyl (C=O) groups is 3. The summed E-state index contributed by atoms with van der Waals surface area (Å²) in [5.41, 5.74) is -1.10. The van der Waals surface area contributed by atoms with Crippen molar-refractivity contribution in [2.75, 3.05) is 11.9 Å². The molecule has 0 aliphatic carbocycles. The molecule has 10 heteroatoms. The van der Waals surface area contributed by atoms with Crippen LogP contribution < -0.4 is 10.6 Å². The number of anilines is 1. The lowest BCUT2D eigenvalue weighted by atomic mass is 9.92. The number of nitrogens with zero attached hydrogens (tertiary/aromatic N) is 2. The molecule has 0 radical (unpaired) electrons. The quantitative estimate of drug-likeness (QED) is 0.463. The molecule has 0 bridgehead atoms. The zero-order chi connectivity index (χ0) is 20.5. The number of nitro benzene ring substituents is 1. The smallest absolute Gasteiger partial charge is 0.324 e. The van der Waals surface area contributed by atoms with E-state index in [-0.39, 0.29) is 11.4 Å². The SMILES string of the molecule is C[C@]1(c2ccc([N+](=O)[O-])cc2)NC(=O)N(CC(=O)Nc2cccc(F)c2)C1=O. The Balaban J connectivity index is 1.75. The van der Waals surface area contributed by atoms with Crippen LogP contribution in [0.1, 0.15) is 12.5 Å². The minimum absolute atomic E-state index is 0.157. The number of amides is 4. The van der Waals surface area contributed by atoms with Crippen molar-refractivity contribution in [1.29, 1.82) is 0 Å². The Labute approximate surface area is 158 Å². The molecule has 0 spiro atoms. The Kier molecular flexibility index (Phi) is 4.78. The number of nitrogens with one attached hydrogen (secondary N) is 2. The Bertz CT molecular complexity index is 978. The molecule has 0 aromatic heterocycles. The third-order valence-corrected chi connectivity index (χ3v) is 4.34. The normalized spacial score (nSPS) is 18.7. The zero-order valence-electron chi connectivity index (χ0n) is 14.6. The summed E-state index contributed by atoms with van der Waals surface area (Å²) >= 11 is 0. The van der Waals surface area contributed by atoms with Crippen molar-refractivity contribution in [2.45, 2.75) is 12.5 Å². The summed E-state index contributed by atoms with van der Waals surface area (Å²) in [4.78, 5) is 48.1. The second kappa shape index (κ2) is 7.06. The van der Waals surface area contributed by atoms with Crippen molar-refractivity contribution in [2.24, 2.45) is 0 Å². The number of hydrogen-bond donors (Lipinski definition) is 2. The molecule has 2 aromatic rings. The molecule has 9 nitrogen and oxygen atoms in total. The molecule has 1 fully saturated rings. The van der Waals surface area contributed by atoms with E-state index in [0.717, 1.165) is 11.0 Å². The number of nitro groups is 1. The van der Waals surface area contributed by atoms with E-state index < -0.39 is 40.7 Å². The molecule has 1 heterocycles. The lowest BCUT2D eigenvalue weighted by Gasteiger charge is -2.22. The van der Waals surface area contributed by atoms with Gasteiger partial charge in [0.15, 0.2) is 0 Å². The van der Waals surface area contributed by atoms with E-state index in [1.54, 1.807) is 0 Å². The van der Waals surface area contributed by atoms with Gasteiger partial charge in [-0.05, 0) is 42.8 Å². The van der Waals surface area contributed by atoms with Gasteiger partial charge in [-0.3, -0.25) is 24.6 Å². The second-order valence-electron chi connectivity index (χ2n) is 6.31. The van der Waals surface area contributed by atoms with E-state index >= 15 is 0 Å². The number of rotatable bonds is 5. The summed E-state index contributed by atoms with van der Waals surface area (Å²) in [6.07, 6.45) is 0.